The van der Waals surface area contributed by atoms with Gasteiger partial charge in [0, 0.05) is 39.3 Å². The van der Waals surface area contributed by atoms with E-state index in [0.717, 1.165) is 45.8 Å². The van der Waals surface area contributed by atoms with Crippen LogP contribution in [0.4, 0.5) is 4.39 Å². The molecule has 158 valence electrons. The number of nitrogens with one attached hydrogen (secondary N) is 3. The zero-order chi connectivity index (χ0) is 18.7. The van der Waals surface area contributed by atoms with Gasteiger partial charge in [0.1, 0.15) is 11.8 Å². The number of alkyl halides is 1. The second kappa shape index (κ2) is 7.13. The highest BCUT2D eigenvalue weighted by molar-refractivity contribution is 5.07. The van der Waals surface area contributed by atoms with Crippen molar-refractivity contribution < 1.29 is 18.6 Å². The maximum absolute atomic E-state index is 14.4. The molecule has 3 heterocycles. The largest absolute Gasteiger partial charge is 0.375 e. The topological polar surface area (TPSA) is 63.8 Å². The van der Waals surface area contributed by atoms with Crippen LogP contribution in [-0.2, 0) is 14.2 Å². The number of halogens is 1. The van der Waals surface area contributed by atoms with Gasteiger partial charge in [-0.25, -0.2) is 4.39 Å². The molecule has 3 aliphatic heterocycles. The normalized spacial score (nSPS) is 52.8. The van der Waals surface area contributed by atoms with Crippen LogP contribution in [0.3, 0.4) is 0 Å². The summed E-state index contributed by atoms with van der Waals surface area (Å²) >= 11 is 0. The summed E-state index contributed by atoms with van der Waals surface area (Å²) in [5.41, 5.74) is -1.05. The number of ether oxygens (including phenoxy) is 3. The molecular weight excluding hydrogens is 361 g/mol. The molecule has 3 saturated carbocycles. The molecule has 0 radical (unpaired) electrons. The summed E-state index contributed by atoms with van der Waals surface area (Å²) in [5.74, 6) is 2.36. The fraction of sp³-hybridized carbons (Fsp3) is 1.00. The van der Waals surface area contributed by atoms with Crippen molar-refractivity contribution in [3.05, 3.63) is 0 Å². The van der Waals surface area contributed by atoms with Crippen LogP contribution in [0.2, 0.25) is 0 Å². The fourth-order valence-electron chi connectivity index (χ4n) is 5.90. The Morgan fingerprint density at radius 1 is 0.679 bits per heavy atom. The van der Waals surface area contributed by atoms with Gasteiger partial charge in [0.25, 0.3) is 0 Å². The molecule has 3 N–H and O–H groups in total. The lowest BCUT2D eigenvalue weighted by Gasteiger charge is -2.35. The molecular formula is C21H34FN3O3. The van der Waals surface area contributed by atoms with Gasteiger partial charge in [0.2, 0.25) is 0 Å². The molecule has 6 aliphatic rings. The van der Waals surface area contributed by atoms with Gasteiger partial charge in [-0.2, -0.15) is 0 Å². The lowest BCUT2D eigenvalue weighted by atomic mass is 10.0. The summed E-state index contributed by atoms with van der Waals surface area (Å²) in [4.78, 5) is 0. The van der Waals surface area contributed by atoms with Crippen LogP contribution in [0.1, 0.15) is 25.7 Å². The van der Waals surface area contributed by atoms with Crippen LogP contribution in [0.5, 0.6) is 0 Å². The molecule has 28 heavy (non-hydrogen) atoms. The van der Waals surface area contributed by atoms with E-state index in [9.17, 15) is 4.39 Å². The number of rotatable bonds is 5. The Morgan fingerprint density at radius 2 is 1.25 bits per heavy atom. The van der Waals surface area contributed by atoms with Gasteiger partial charge in [-0.3, -0.25) is 0 Å². The van der Waals surface area contributed by atoms with Crippen LogP contribution in [0, 0.1) is 23.7 Å². The van der Waals surface area contributed by atoms with Gasteiger partial charge in [-0.1, -0.05) is 0 Å². The van der Waals surface area contributed by atoms with Gasteiger partial charge < -0.3 is 30.2 Å². The molecule has 6 rings (SSSR count). The first kappa shape index (κ1) is 18.5. The number of morpholine rings is 3. The molecule has 0 amide bonds. The number of hydrogen-bond acceptors (Lipinski definition) is 6. The predicted octanol–water partition coefficient (Wildman–Crippen LogP) is 0.463. The highest BCUT2D eigenvalue weighted by Crippen LogP contribution is 2.52. The summed E-state index contributed by atoms with van der Waals surface area (Å²) in [5, 5.41) is 10.5. The van der Waals surface area contributed by atoms with E-state index in [1.54, 1.807) is 0 Å². The van der Waals surface area contributed by atoms with Crippen molar-refractivity contribution in [3.8, 4) is 0 Å². The standard InChI is InChI=1S/C21H34FN3O3/c22-21(1-2-21)20-11-25-10-19(28-20)15-6-14(15)18-9-24-8-17(27-18)13-5-12(13)16-7-23-3-4-26-16/h12-20,23-25H,1-11H2/t12?,13?,14?,15?,16-,17?,18+,19?,20-/m0/s1. The van der Waals surface area contributed by atoms with E-state index in [4.69, 9.17) is 14.2 Å². The van der Waals surface area contributed by atoms with E-state index in [1.807, 2.05) is 0 Å². The molecule has 0 aromatic carbocycles. The molecule has 6 nitrogen and oxygen atoms in total. The average molecular weight is 396 g/mol. The Labute approximate surface area is 166 Å². The summed E-state index contributed by atoms with van der Waals surface area (Å²) in [6, 6.07) is 0. The van der Waals surface area contributed by atoms with Gasteiger partial charge >= 0.3 is 0 Å². The third-order valence-corrected chi connectivity index (χ3v) is 8.01. The lowest BCUT2D eigenvalue weighted by Crippen LogP contribution is -2.51. The predicted molar refractivity (Wildman–Crippen MR) is 102 cm³/mol. The highest BCUT2D eigenvalue weighted by atomic mass is 19.1. The van der Waals surface area contributed by atoms with E-state index in [2.05, 4.69) is 16.0 Å². The number of hydrogen-bond donors (Lipinski definition) is 3. The molecule has 0 aromatic rings. The first-order chi connectivity index (χ1) is 13.7. The summed E-state index contributed by atoms with van der Waals surface area (Å²) in [6.07, 6.45) is 4.58. The Morgan fingerprint density at radius 3 is 1.86 bits per heavy atom. The Balaban J connectivity index is 1.01. The quantitative estimate of drug-likeness (QED) is 0.629. The van der Waals surface area contributed by atoms with E-state index in [-0.39, 0.29) is 18.3 Å². The fourth-order valence-corrected chi connectivity index (χ4v) is 5.90. The first-order valence-corrected chi connectivity index (χ1v) is 11.4. The van der Waals surface area contributed by atoms with Gasteiger partial charge in [-0.05, 0) is 49.4 Å². The maximum atomic E-state index is 14.4. The molecule has 3 saturated heterocycles. The molecule has 6 unspecified atom stereocenters. The Kier molecular flexibility index (Phi) is 4.70. The molecule has 6 fully saturated rings. The third kappa shape index (κ3) is 3.52. The second-order valence-electron chi connectivity index (χ2n) is 9.97. The van der Waals surface area contributed by atoms with Crippen molar-refractivity contribution in [1.29, 1.82) is 0 Å². The van der Waals surface area contributed by atoms with E-state index in [0.29, 0.717) is 55.3 Å². The van der Waals surface area contributed by atoms with Crippen molar-refractivity contribution >= 4 is 0 Å². The van der Waals surface area contributed by atoms with Crippen LogP contribution in [0.25, 0.3) is 0 Å². The maximum Gasteiger partial charge on any atom is 0.138 e. The van der Waals surface area contributed by atoms with Crippen LogP contribution in [0.15, 0.2) is 0 Å². The van der Waals surface area contributed by atoms with Crippen molar-refractivity contribution in [1.82, 2.24) is 16.0 Å². The summed E-state index contributed by atoms with van der Waals surface area (Å²) < 4.78 is 33.2. The smallest absolute Gasteiger partial charge is 0.138 e. The minimum atomic E-state index is -1.05. The van der Waals surface area contributed by atoms with Crippen molar-refractivity contribution in [2.45, 2.75) is 61.9 Å². The Bertz CT molecular complexity index is 585. The summed E-state index contributed by atoms with van der Waals surface area (Å²) in [7, 11) is 0. The summed E-state index contributed by atoms with van der Waals surface area (Å²) in [6.45, 7) is 6.21. The zero-order valence-electron chi connectivity index (χ0n) is 16.6. The van der Waals surface area contributed by atoms with Gasteiger partial charge in [-0.15, -0.1) is 0 Å². The lowest BCUT2D eigenvalue weighted by molar-refractivity contribution is -0.102. The third-order valence-electron chi connectivity index (χ3n) is 8.01. The first-order valence-electron chi connectivity index (χ1n) is 11.4. The molecule has 0 aromatic heterocycles. The molecule has 7 heteroatoms. The van der Waals surface area contributed by atoms with Crippen LogP contribution < -0.4 is 16.0 Å². The van der Waals surface area contributed by atoms with Crippen molar-refractivity contribution in [3.63, 3.8) is 0 Å². The minimum Gasteiger partial charge on any atom is -0.375 e. The van der Waals surface area contributed by atoms with Gasteiger partial charge in [0.15, 0.2) is 0 Å². The van der Waals surface area contributed by atoms with Crippen molar-refractivity contribution in [2.24, 2.45) is 23.7 Å². The average Bonchev–Trinajstić information content (AvgIpc) is 3.62. The molecule has 3 aliphatic carbocycles. The van der Waals surface area contributed by atoms with E-state index < -0.39 is 5.67 Å². The SMILES string of the molecule is FC1([C@@H]2CNCC(C3CC3[C@H]3CNCC(C4CC4[C@@H]4CNCCO4)O3)O2)CC1. The van der Waals surface area contributed by atoms with Gasteiger partial charge in [0.05, 0.1) is 31.0 Å². The van der Waals surface area contributed by atoms with Crippen LogP contribution in [-0.4, -0.2) is 82.1 Å². The Hall–Kier alpha value is -0.310. The monoisotopic (exact) mass is 395 g/mol. The highest BCUT2D eigenvalue weighted by Gasteiger charge is 2.57. The zero-order valence-corrected chi connectivity index (χ0v) is 16.6. The van der Waals surface area contributed by atoms with Crippen LogP contribution >= 0.6 is 0 Å². The van der Waals surface area contributed by atoms with E-state index >= 15 is 0 Å². The second-order valence-corrected chi connectivity index (χ2v) is 9.97. The molecule has 9 atom stereocenters. The molecule has 0 spiro atoms. The van der Waals surface area contributed by atoms with Crippen molar-refractivity contribution in [2.75, 3.05) is 45.9 Å². The minimum absolute atomic E-state index is 0.149. The van der Waals surface area contributed by atoms with E-state index in [1.165, 1.54) is 6.42 Å². The molecule has 0 bridgehead atoms.